The number of alkyl halides is 3. The number of nitrogens with one attached hydrogen (secondary N) is 1. The standard InChI is InChI=1S/C21H21F3N2O2/c1-12-8-14(13(2)26(12)11-16-4-3-7-28-16)9-18-17-6-5-15(21(22,23)24)10-19(17)25-20(18)27/h5-6,8-10,16H,3-4,7,11H2,1-2H3,(H,25,27)/b18-9+. The lowest BCUT2D eigenvalue weighted by Crippen LogP contribution is -2.16. The van der Waals surface area contributed by atoms with Gasteiger partial charge in [0.05, 0.1) is 11.7 Å². The molecule has 148 valence electrons. The topological polar surface area (TPSA) is 43.3 Å². The van der Waals surface area contributed by atoms with Crippen molar-refractivity contribution in [1.29, 1.82) is 0 Å². The summed E-state index contributed by atoms with van der Waals surface area (Å²) in [6, 6.07) is 5.34. The average Bonchev–Trinajstić information content (AvgIpc) is 3.30. The molecule has 28 heavy (non-hydrogen) atoms. The van der Waals surface area contributed by atoms with Gasteiger partial charge in [0.25, 0.3) is 5.91 Å². The van der Waals surface area contributed by atoms with Gasteiger partial charge < -0.3 is 14.6 Å². The molecule has 1 fully saturated rings. The fourth-order valence-corrected chi connectivity index (χ4v) is 3.92. The molecule has 4 rings (SSSR count). The molecular weight excluding hydrogens is 369 g/mol. The number of hydrogen-bond donors (Lipinski definition) is 1. The molecule has 2 aliphatic rings. The minimum absolute atomic E-state index is 0.194. The van der Waals surface area contributed by atoms with Gasteiger partial charge in [-0.15, -0.1) is 0 Å². The number of ether oxygens (including phenoxy) is 1. The molecule has 3 heterocycles. The van der Waals surface area contributed by atoms with Crippen molar-refractivity contribution in [2.45, 2.75) is 45.5 Å². The van der Waals surface area contributed by atoms with Gasteiger partial charge in [-0.25, -0.2) is 0 Å². The van der Waals surface area contributed by atoms with Crippen LogP contribution in [0.25, 0.3) is 11.6 Å². The summed E-state index contributed by atoms with van der Waals surface area (Å²) in [5, 5.41) is 2.55. The van der Waals surface area contributed by atoms with Gasteiger partial charge in [-0.3, -0.25) is 4.79 Å². The maximum absolute atomic E-state index is 12.9. The first-order valence-electron chi connectivity index (χ1n) is 9.27. The molecule has 0 aliphatic carbocycles. The van der Waals surface area contributed by atoms with E-state index in [1.54, 1.807) is 6.08 Å². The zero-order chi connectivity index (χ0) is 20.1. The highest BCUT2D eigenvalue weighted by Gasteiger charge is 2.33. The summed E-state index contributed by atoms with van der Waals surface area (Å²) in [4.78, 5) is 12.4. The number of hydrogen-bond acceptors (Lipinski definition) is 2. The number of carbonyl (C=O) groups excluding carboxylic acids is 1. The van der Waals surface area contributed by atoms with Crippen molar-refractivity contribution in [3.63, 3.8) is 0 Å². The number of rotatable bonds is 3. The molecular formula is C21H21F3N2O2. The lowest BCUT2D eigenvalue weighted by molar-refractivity contribution is -0.137. The van der Waals surface area contributed by atoms with E-state index < -0.39 is 17.6 Å². The number of fused-ring (bicyclic) bond motifs is 1. The van der Waals surface area contributed by atoms with E-state index in [0.717, 1.165) is 55.1 Å². The van der Waals surface area contributed by atoms with E-state index in [1.165, 1.54) is 6.07 Å². The quantitative estimate of drug-likeness (QED) is 0.766. The summed E-state index contributed by atoms with van der Waals surface area (Å²) >= 11 is 0. The monoisotopic (exact) mass is 390 g/mol. The highest BCUT2D eigenvalue weighted by atomic mass is 19.4. The number of benzene rings is 1. The van der Waals surface area contributed by atoms with E-state index in [0.29, 0.717) is 11.1 Å². The summed E-state index contributed by atoms with van der Waals surface area (Å²) in [6.07, 6.45) is -0.397. The van der Waals surface area contributed by atoms with Crippen LogP contribution in [0.2, 0.25) is 0 Å². The Labute approximate surface area is 161 Å². The Morgan fingerprint density at radius 3 is 2.75 bits per heavy atom. The third kappa shape index (κ3) is 3.35. The second kappa shape index (κ2) is 6.81. The zero-order valence-corrected chi connectivity index (χ0v) is 15.7. The Morgan fingerprint density at radius 1 is 1.29 bits per heavy atom. The molecule has 1 aromatic heterocycles. The van der Waals surface area contributed by atoms with Crippen molar-refractivity contribution in [3.8, 4) is 0 Å². The van der Waals surface area contributed by atoms with Crippen molar-refractivity contribution in [2.24, 2.45) is 0 Å². The number of halogens is 3. The van der Waals surface area contributed by atoms with Gasteiger partial charge in [0, 0.05) is 41.4 Å². The van der Waals surface area contributed by atoms with Crippen LogP contribution in [0.5, 0.6) is 0 Å². The van der Waals surface area contributed by atoms with E-state index in [4.69, 9.17) is 4.74 Å². The average molecular weight is 390 g/mol. The van der Waals surface area contributed by atoms with Gasteiger partial charge in [0.15, 0.2) is 0 Å². The normalized spacial score (nSPS) is 20.7. The lowest BCUT2D eigenvalue weighted by Gasteiger charge is -2.14. The van der Waals surface area contributed by atoms with Crippen molar-refractivity contribution in [2.75, 3.05) is 11.9 Å². The molecule has 2 aromatic rings. The van der Waals surface area contributed by atoms with Crippen LogP contribution in [0.1, 0.15) is 40.9 Å². The van der Waals surface area contributed by atoms with Crippen molar-refractivity contribution < 1.29 is 22.7 Å². The summed E-state index contributed by atoms with van der Waals surface area (Å²) in [6.45, 7) is 5.54. The van der Waals surface area contributed by atoms with Crippen LogP contribution in [0.3, 0.4) is 0 Å². The first kappa shape index (κ1) is 18.8. The van der Waals surface area contributed by atoms with Gasteiger partial charge in [0.2, 0.25) is 0 Å². The van der Waals surface area contributed by atoms with Crippen LogP contribution >= 0.6 is 0 Å². The van der Waals surface area contributed by atoms with Gasteiger partial charge >= 0.3 is 6.18 Å². The van der Waals surface area contributed by atoms with Crippen LogP contribution in [-0.4, -0.2) is 23.2 Å². The second-order valence-electron chi connectivity index (χ2n) is 7.34. The van der Waals surface area contributed by atoms with Crippen molar-refractivity contribution >= 4 is 23.2 Å². The first-order valence-corrected chi connectivity index (χ1v) is 9.27. The van der Waals surface area contributed by atoms with Crippen LogP contribution in [0, 0.1) is 13.8 Å². The van der Waals surface area contributed by atoms with Crippen molar-refractivity contribution in [3.05, 3.63) is 52.3 Å². The number of aryl methyl sites for hydroxylation is 1. The number of anilines is 1. The van der Waals surface area contributed by atoms with Crippen LogP contribution in [0.4, 0.5) is 18.9 Å². The maximum atomic E-state index is 12.9. The molecule has 0 bridgehead atoms. The summed E-state index contributed by atoms with van der Waals surface area (Å²) in [5.41, 5.74) is 3.23. The third-order valence-electron chi connectivity index (χ3n) is 5.45. The number of amides is 1. The molecule has 2 aliphatic heterocycles. The smallest absolute Gasteiger partial charge is 0.376 e. The SMILES string of the molecule is Cc1cc(/C=C2/C(=O)Nc3cc(C(F)(F)F)ccc32)c(C)n1CC1CCCO1. The molecule has 0 spiro atoms. The lowest BCUT2D eigenvalue weighted by atomic mass is 10.0. The molecule has 1 N–H and O–H groups in total. The molecule has 1 amide bonds. The fourth-order valence-electron chi connectivity index (χ4n) is 3.92. The Hall–Kier alpha value is -2.54. The predicted molar refractivity (Wildman–Crippen MR) is 101 cm³/mol. The van der Waals surface area contributed by atoms with Gasteiger partial charge in [-0.05, 0) is 56.5 Å². The van der Waals surface area contributed by atoms with E-state index in [1.807, 2.05) is 19.9 Å². The predicted octanol–water partition coefficient (Wildman–Crippen LogP) is 4.80. The Bertz CT molecular complexity index is 967. The van der Waals surface area contributed by atoms with E-state index in [-0.39, 0.29) is 11.8 Å². The molecule has 0 saturated carbocycles. The van der Waals surface area contributed by atoms with E-state index in [9.17, 15) is 18.0 Å². The molecule has 1 saturated heterocycles. The number of nitrogens with zero attached hydrogens (tertiary/aromatic N) is 1. The third-order valence-corrected chi connectivity index (χ3v) is 5.45. The highest BCUT2D eigenvalue weighted by molar-refractivity contribution is 6.35. The molecule has 4 nitrogen and oxygen atoms in total. The molecule has 1 aromatic carbocycles. The van der Waals surface area contributed by atoms with Crippen LogP contribution in [0.15, 0.2) is 24.3 Å². The van der Waals surface area contributed by atoms with Crippen LogP contribution in [-0.2, 0) is 22.3 Å². The number of carbonyl (C=O) groups is 1. The van der Waals surface area contributed by atoms with Gasteiger partial charge in [0.1, 0.15) is 0 Å². The first-order chi connectivity index (χ1) is 13.2. The number of aromatic nitrogens is 1. The molecule has 0 radical (unpaired) electrons. The minimum Gasteiger partial charge on any atom is -0.376 e. The molecule has 7 heteroatoms. The van der Waals surface area contributed by atoms with E-state index in [2.05, 4.69) is 9.88 Å². The minimum atomic E-state index is -4.44. The van der Waals surface area contributed by atoms with Crippen LogP contribution < -0.4 is 5.32 Å². The van der Waals surface area contributed by atoms with Crippen molar-refractivity contribution in [1.82, 2.24) is 4.57 Å². The van der Waals surface area contributed by atoms with Gasteiger partial charge in [-0.1, -0.05) is 6.07 Å². The summed E-state index contributed by atoms with van der Waals surface area (Å²) in [7, 11) is 0. The Balaban J connectivity index is 1.68. The Kier molecular flexibility index (Phi) is 4.57. The fraction of sp³-hybridized carbons (Fsp3) is 0.381. The van der Waals surface area contributed by atoms with Gasteiger partial charge in [-0.2, -0.15) is 13.2 Å². The van der Waals surface area contributed by atoms with E-state index >= 15 is 0 Å². The second-order valence-corrected chi connectivity index (χ2v) is 7.34. The zero-order valence-electron chi connectivity index (χ0n) is 15.7. The summed E-state index contributed by atoms with van der Waals surface area (Å²) < 4.78 is 46.7. The largest absolute Gasteiger partial charge is 0.416 e. The maximum Gasteiger partial charge on any atom is 0.416 e. The highest BCUT2D eigenvalue weighted by Crippen LogP contribution is 2.38. The molecule has 1 atom stereocenters. The summed E-state index contributed by atoms with van der Waals surface area (Å²) in [5.74, 6) is -0.391. The Morgan fingerprint density at radius 2 is 2.07 bits per heavy atom. The molecule has 1 unspecified atom stereocenters.